The van der Waals surface area contributed by atoms with Gasteiger partial charge >= 0.3 is 0 Å². The fourth-order valence-electron chi connectivity index (χ4n) is 3.89. The van der Waals surface area contributed by atoms with Crippen molar-refractivity contribution in [2.45, 2.75) is 58.4 Å². The molecule has 2 N–H and O–H groups in total. The van der Waals surface area contributed by atoms with Crippen LogP contribution in [0, 0.1) is 0 Å². The molecule has 0 saturated heterocycles. The van der Waals surface area contributed by atoms with Crippen LogP contribution < -0.4 is 10.6 Å². The van der Waals surface area contributed by atoms with Gasteiger partial charge in [0.1, 0.15) is 16.6 Å². The highest BCUT2D eigenvalue weighted by molar-refractivity contribution is 7.14. The van der Waals surface area contributed by atoms with E-state index in [1.165, 1.54) is 23.3 Å². The summed E-state index contributed by atoms with van der Waals surface area (Å²) in [7, 11) is 0. The van der Waals surface area contributed by atoms with Crippen LogP contribution in [-0.2, 0) is 19.4 Å². The number of thiophene rings is 1. The van der Waals surface area contributed by atoms with Gasteiger partial charge in [-0.05, 0) is 47.9 Å². The SMILES string of the molecule is CC(C)c1ccc(C(=O)Nc2sccc2C(=O)NCCc2nnc3n2CCCCC3)cc1. The third-order valence-corrected chi connectivity index (χ3v) is 6.63. The zero-order valence-electron chi connectivity index (χ0n) is 18.6. The number of aromatic nitrogens is 3. The van der Waals surface area contributed by atoms with E-state index >= 15 is 0 Å². The Labute approximate surface area is 192 Å². The highest BCUT2D eigenvalue weighted by Gasteiger charge is 2.18. The fraction of sp³-hybridized carbons (Fsp3) is 0.417. The van der Waals surface area contributed by atoms with E-state index in [1.807, 2.05) is 29.6 Å². The molecular weight excluding hydrogens is 422 g/mol. The molecule has 4 rings (SSSR count). The molecule has 1 aromatic carbocycles. The minimum absolute atomic E-state index is 0.202. The molecule has 2 amide bonds. The van der Waals surface area contributed by atoms with Crippen molar-refractivity contribution in [3.05, 3.63) is 64.1 Å². The van der Waals surface area contributed by atoms with Gasteiger partial charge in [0.05, 0.1) is 5.56 Å². The molecule has 3 aromatic rings. The third kappa shape index (κ3) is 5.07. The Morgan fingerprint density at radius 2 is 1.88 bits per heavy atom. The quantitative estimate of drug-likeness (QED) is 0.557. The average molecular weight is 452 g/mol. The van der Waals surface area contributed by atoms with E-state index < -0.39 is 0 Å². The third-order valence-electron chi connectivity index (χ3n) is 5.80. The summed E-state index contributed by atoms with van der Waals surface area (Å²) in [6.07, 6.45) is 5.12. The Bertz CT molecular complexity index is 1080. The second-order valence-corrected chi connectivity index (χ2v) is 9.31. The summed E-state index contributed by atoms with van der Waals surface area (Å²) in [4.78, 5) is 25.4. The molecule has 8 heteroatoms. The summed E-state index contributed by atoms with van der Waals surface area (Å²) in [6.45, 7) is 5.65. The first kappa shape index (κ1) is 22.2. The summed E-state index contributed by atoms with van der Waals surface area (Å²) >= 11 is 1.34. The standard InChI is InChI=1S/C24H29N5O2S/c1-16(2)17-7-9-18(10-8-17)22(30)26-24-19(12-15-32-24)23(31)25-13-11-21-28-27-20-6-4-3-5-14-29(20)21/h7-10,12,15-16H,3-6,11,13-14H2,1-2H3,(H,25,31)(H,26,30). The first-order valence-electron chi connectivity index (χ1n) is 11.2. The van der Waals surface area contributed by atoms with E-state index in [-0.39, 0.29) is 11.8 Å². The number of carbonyl (C=O) groups is 2. The highest BCUT2D eigenvalue weighted by Crippen LogP contribution is 2.24. The maximum absolute atomic E-state index is 12.7. The van der Waals surface area contributed by atoms with Crippen LogP contribution in [0.15, 0.2) is 35.7 Å². The summed E-state index contributed by atoms with van der Waals surface area (Å²) in [6, 6.07) is 9.30. The van der Waals surface area contributed by atoms with E-state index in [0.717, 1.165) is 37.5 Å². The predicted molar refractivity (Wildman–Crippen MR) is 126 cm³/mol. The zero-order valence-corrected chi connectivity index (χ0v) is 19.4. The molecule has 7 nitrogen and oxygen atoms in total. The van der Waals surface area contributed by atoms with Crippen molar-refractivity contribution < 1.29 is 9.59 Å². The maximum atomic E-state index is 12.7. The van der Waals surface area contributed by atoms with Gasteiger partial charge in [-0.2, -0.15) is 0 Å². The number of carbonyl (C=O) groups excluding carboxylic acids is 2. The molecule has 0 unspecified atom stereocenters. The average Bonchev–Trinajstić information content (AvgIpc) is 3.33. The van der Waals surface area contributed by atoms with Crippen LogP contribution in [0.3, 0.4) is 0 Å². The lowest BCUT2D eigenvalue weighted by atomic mass is 10.0. The van der Waals surface area contributed by atoms with Crippen LogP contribution in [0.4, 0.5) is 5.00 Å². The fourth-order valence-corrected chi connectivity index (χ4v) is 4.67. The number of rotatable bonds is 7. The summed E-state index contributed by atoms with van der Waals surface area (Å²) in [5.41, 5.74) is 2.23. The van der Waals surface area contributed by atoms with Gasteiger partial charge in [0.25, 0.3) is 11.8 Å². The zero-order chi connectivity index (χ0) is 22.5. The van der Waals surface area contributed by atoms with Crippen LogP contribution >= 0.6 is 11.3 Å². The van der Waals surface area contributed by atoms with E-state index in [1.54, 1.807) is 6.07 Å². The monoisotopic (exact) mass is 451 g/mol. The van der Waals surface area contributed by atoms with Crippen LogP contribution in [0.25, 0.3) is 0 Å². The Kier molecular flexibility index (Phi) is 6.99. The van der Waals surface area contributed by atoms with Crippen molar-refractivity contribution >= 4 is 28.2 Å². The van der Waals surface area contributed by atoms with Crippen molar-refractivity contribution in [1.29, 1.82) is 0 Å². The van der Waals surface area contributed by atoms with Gasteiger partial charge in [0.2, 0.25) is 0 Å². The lowest BCUT2D eigenvalue weighted by Crippen LogP contribution is -2.27. The smallest absolute Gasteiger partial charge is 0.256 e. The number of fused-ring (bicyclic) bond motifs is 1. The van der Waals surface area contributed by atoms with Crippen molar-refractivity contribution in [1.82, 2.24) is 20.1 Å². The summed E-state index contributed by atoms with van der Waals surface area (Å²) < 4.78 is 2.19. The number of anilines is 1. The lowest BCUT2D eigenvalue weighted by molar-refractivity contribution is 0.0955. The topological polar surface area (TPSA) is 88.9 Å². The van der Waals surface area contributed by atoms with Gasteiger partial charge in [-0.25, -0.2) is 0 Å². The number of nitrogens with one attached hydrogen (secondary N) is 2. The van der Waals surface area contributed by atoms with E-state index in [9.17, 15) is 9.59 Å². The minimum atomic E-state index is -0.219. The first-order chi connectivity index (χ1) is 15.5. The number of hydrogen-bond donors (Lipinski definition) is 2. The molecule has 2 aromatic heterocycles. The van der Waals surface area contributed by atoms with Gasteiger partial charge in [-0.15, -0.1) is 21.5 Å². The molecule has 3 heterocycles. The number of hydrogen-bond acceptors (Lipinski definition) is 5. The molecule has 1 aliphatic heterocycles. The molecule has 32 heavy (non-hydrogen) atoms. The van der Waals surface area contributed by atoms with Crippen molar-refractivity contribution in [3.8, 4) is 0 Å². The van der Waals surface area contributed by atoms with Crippen LogP contribution in [0.2, 0.25) is 0 Å². The molecule has 0 atom stereocenters. The summed E-state index contributed by atoms with van der Waals surface area (Å²) in [5.74, 6) is 1.96. The van der Waals surface area contributed by atoms with Crippen molar-refractivity contribution in [3.63, 3.8) is 0 Å². The molecule has 1 aliphatic rings. The maximum Gasteiger partial charge on any atom is 0.256 e. The van der Waals surface area contributed by atoms with Gasteiger partial charge in [0.15, 0.2) is 0 Å². The van der Waals surface area contributed by atoms with Crippen molar-refractivity contribution in [2.24, 2.45) is 0 Å². The Hall–Kier alpha value is -3.00. The molecule has 0 fully saturated rings. The summed E-state index contributed by atoms with van der Waals surface area (Å²) in [5, 5.41) is 16.8. The molecule has 0 aliphatic carbocycles. The second kappa shape index (κ2) is 10.1. The molecule has 168 valence electrons. The Morgan fingerprint density at radius 3 is 2.66 bits per heavy atom. The Balaban J connectivity index is 1.34. The number of amides is 2. The highest BCUT2D eigenvalue weighted by atomic mass is 32.1. The lowest BCUT2D eigenvalue weighted by Gasteiger charge is -2.10. The minimum Gasteiger partial charge on any atom is -0.351 e. The van der Waals surface area contributed by atoms with Gasteiger partial charge in [-0.1, -0.05) is 32.4 Å². The molecule has 0 bridgehead atoms. The van der Waals surface area contributed by atoms with Gasteiger partial charge in [-0.3, -0.25) is 9.59 Å². The van der Waals surface area contributed by atoms with Gasteiger partial charge in [0, 0.05) is 31.5 Å². The first-order valence-corrected chi connectivity index (χ1v) is 12.1. The van der Waals surface area contributed by atoms with Gasteiger partial charge < -0.3 is 15.2 Å². The van der Waals surface area contributed by atoms with Crippen molar-refractivity contribution in [2.75, 3.05) is 11.9 Å². The molecule has 0 spiro atoms. The number of nitrogens with zero attached hydrogens (tertiary/aromatic N) is 3. The number of aryl methyl sites for hydroxylation is 1. The van der Waals surface area contributed by atoms with Crippen LogP contribution in [-0.4, -0.2) is 33.1 Å². The molecule has 0 radical (unpaired) electrons. The molecule has 0 saturated carbocycles. The normalized spacial score (nSPS) is 13.5. The largest absolute Gasteiger partial charge is 0.351 e. The second-order valence-electron chi connectivity index (χ2n) is 8.39. The van der Waals surface area contributed by atoms with Crippen LogP contribution in [0.1, 0.15) is 77.0 Å². The van der Waals surface area contributed by atoms with E-state index in [0.29, 0.717) is 35.0 Å². The molecular formula is C24H29N5O2S. The number of benzene rings is 1. The Morgan fingerprint density at radius 1 is 1.06 bits per heavy atom. The van der Waals surface area contributed by atoms with Crippen LogP contribution in [0.5, 0.6) is 0 Å². The predicted octanol–water partition coefficient (Wildman–Crippen LogP) is 4.41. The van der Waals surface area contributed by atoms with E-state index in [4.69, 9.17) is 0 Å². The van der Waals surface area contributed by atoms with E-state index in [2.05, 4.69) is 39.2 Å².